The predicted molar refractivity (Wildman–Crippen MR) is 66.3 cm³/mol. The molecule has 0 saturated carbocycles. The summed E-state index contributed by atoms with van der Waals surface area (Å²) >= 11 is 1.07. The fourth-order valence-electron chi connectivity index (χ4n) is 1.17. The summed E-state index contributed by atoms with van der Waals surface area (Å²) < 4.78 is 4.96. The average molecular weight is 287 g/mol. The number of aliphatic carboxylic acids is 1. The van der Waals surface area contributed by atoms with Crippen LogP contribution in [0, 0.1) is 0 Å². The van der Waals surface area contributed by atoms with E-state index < -0.39 is 11.9 Å². The third-order valence-electron chi connectivity index (χ3n) is 2.03. The van der Waals surface area contributed by atoms with Crippen LogP contribution in [-0.2, 0) is 9.59 Å². The monoisotopic (exact) mass is 287 g/mol. The molecule has 0 aromatic carbocycles. The van der Waals surface area contributed by atoms with E-state index in [1.807, 2.05) is 0 Å². The molecule has 1 heterocycles. The van der Waals surface area contributed by atoms with E-state index in [1.165, 1.54) is 12.1 Å². The Morgan fingerprint density at radius 2 is 2.00 bits per heavy atom. The van der Waals surface area contributed by atoms with Gasteiger partial charge in [-0.3, -0.25) is 9.59 Å². The Bertz CT molecular complexity index is 470. The van der Waals surface area contributed by atoms with Crippen LogP contribution in [-0.4, -0.2) is 40.4 Å². The fraction of sp³-hybridized carbons (Fsp3) is 0.364. The summed E-state index contributed by atoms with van der Waals surface area (Å²) in [5, 5.41) is 19.9. The van der Waals surface area contributed by atoms with Crippen molar-refractivity contribution in [1.29, 1.82) is 0 Å². The van der Waals surface area contributed by atoms with Crippen molar-refractivity contribution in [2.24, 2.45) is 0 Å². The van der Waals surface area contributed by atoms with Crippen molar-refractivity contribution in [3.63, 3.8) is 0 Å². The summed E-state index contributed by atoms with van der Waals surface area (Å²) in [5.74, 6) is -2.42. The first-order valence-electron chi connectivity index (χ1n) is 5.43. The molecule has 7 nitrogen and oxygen atoms in total. The highest BCUT2D eigenvalue weighted by atomic mass is 32.2. The predicted octanol–water partition coefficient (Wildman–Crippen LogP) is 1.05. The number of carbonyl (C=O) groups excluding carboxylic acids is 1. The quantitative estimate of drug-likeness (QED) is 0.483. The number of carbonyl (C=O) groups is 3. The number of rotatable bonds is 8. The van der Waals surface area contributed by atoms with Gasteiger partial charge in [0.05, 0.1) is 5.75 Å². The van der Waals surface area contributed by atoms with Crippen molar-refractivity contribution < 1.29 is 29.0 Å². The Kier molecular flexibility index (Phi) is 5.94. The second-order valence-corrected chi connectivity index (χ2v) is 4.54. The zero-order valence-electron chi connectivity index (χ0n) is 9.92. The molecule has 3 N–H and O–H groups in total. The van der Waals surface area contributed by atoms with Gasteiger partial charge in [0.1, 0.15) is 0 Å². The van der Waals surface area contributed by atoms with Crippen LogP contribution in [0.4, 0.5) is 0 Å². The summed E-state index contributed by atoms with van der Waals surface area (Å²) in [4.78, 5) is 32.2. The lowest BCUT2D eigenvalue weighted by Gasteiger charge is -2.02. The summed E-state index contributed by atoms with van der Waals surface area (Å²) in [5.41, 5.74) is 0. The molecule has 1 aromatic heterocycles. The number of carboxylic acid groups (broad SMARTS) is 2. The lowest BCUT2D eigenvalue weighted by molar-refractivity contribution is -0.137. The van der Waals surface area contributed by atoms with E-state index in [0.717, 1.165) is 11.8 Å². The zero-order valence-corrected chi connectivity index (χ0v) is 10.7. The van der Waals surface area contributed by atoms with Gasteiger partial charge in [0, 0.05) is 13.0 Å². The van der Waals surface area contributed by atoms with E-state index in [2.05, 4.69) is 5.32 Å². The maximum Gasteiger partial charge on any atom is 0.371 e. The third-order valence-corrected chi connectivity index (χ3v) is 2.94. The Morgan fingerprint density at radius 1 is 1.26 bits per heavy atom. The first-order valence-corrected chi connectivity index (χ1v) is 6.42. The molecule has 0 saturated heterocycles. The van der Waals surface area contributed by atoms with Gasteiger partial charge < -0.3 is 19.9 Å². The molecule has 0 radical (unpaired) electrons. The summed E-state index contributed by atoms with van der Waals surface area (Å²) in [7, 11) is 0. The number of furan rings is 1. The largest absolute Gasteiger partial charge is 0.481 e. The Labute approximate surface area is 113 Å². The molecule has 0 atom stereocenters. The molecular weight excluding hydrogens is 274 g/mol. The molecular formula is C11H13NO6S. The van der Waals surface area contributed by atoms with E-state index in [9.17, 15) is 14.4 Å². The SMILES string of the molecule is O=C(O)CCCNC(=O)CSc1ccc(C(=O)O)o1. The van der Waals surface area contributed by atoms with Crippen LogP contribution in [0.3, 0.4) is 0 Å². The lowest BCUT2D eigenvalue weighted by atomic mass is 10.3. The van der Waals surface area contributed by atoms with Crippen molar-refractivity contribution in [3.8, 4) is 0 Å². The topological polar surface area (TPSA) is 117 Å². The number of amides is 1. The molecule has 19 heavy (non-hydrogen) atoms. The highest BCUT2D eigenvalue weighted by Gasteiger charge is 2.10. The van der Waals surface area contributed by atoms with Crippen LogP contribution in [0.25, 0.3) is 0 Å². The first-order chi connectivity index (χ1) is 8.99. The summed E-state index contributed by atoms with van der Waals surface area (Å²) in [6.45, 7) is 0.296. The van der Waals surface area contributed by atoms with E-state index in [-0.39, 0.29) is 23.8 Å². The Balaban J connectivity index is 2.22. The van der Waals surface area contributed by atoms with Crippen molar-refractivity contribution in [3.05, 3.63) is 17.9 Å². The number of hydrogen-bond donors (Lipinski definition) is 3. The Hall–Kier alpha value is -1.96. The van der Waals surface area contributed by atoms with Crippen molar-refractivity contribution in [2.45, 2.75) is 17.9 Å². The van der Waals surface area contributed by atoms with Gasteiger partial charge in [0.2, 0.25) is 11.7 Å². The standard InChI is InChI=1S/C11H13NO6S/c13-8(12-5-1-2-9(14)15)6-19-10-4-3-7(18-10)11(16)17/h3-4H,1-2,5-6H2,(H,12,13)(H,14,15)(H,16,17). The van der Waals surface area contributed by atoms with Crippen molar-refractivity contribution >= 4 is 29.6 Å². The van der Waals surface area contributed by atoms with Gasteiger partial charge in [-0.25, -0.2) is 4.79 Å². The van der Waals surface area contributed by atoms with E-state index >= 15 is 0 Å². The second kappa shape index (κ2) is 7.47. The minimum atomic E-state index is -1.16. The summed E-state index contributed by atoms with van der Waals surface area (Å²) in [6, 6.07) is 2.79. The molecule has 0 spiro atoms. The highest BCUT2D eigenvalue weighted by molar-refractivity contribution is 7.99. The maximum absolute atomic E-state index is 11.4. The van der Waals surface area contributed by atoms with E-state index in [0.29, 0.717) is 18.1 Å². The number of nitrogens with one attached hydrogen (secondary N) is 1. The lowest BCUT2D eigenvalue weighted by Crippen LogP contribution is -2.26. The number of carboxylic acids is 2. The minimum absolute atomic E-state index is 0.00752. The number of hydrogen-bond acceptors (Lipinski definition) is 5. The molecule has 0 aliphatic carbocycles. The Morgan fingerprint density at radius 3 is 2.58 bits per heavy atom. The normalized spacial score (nSPS) is 10.1. The molecule has 104 valence electrons. The first kappa shape index (κ1) is 15.1. The van der Waals surface area contributed by atoms with Gasteiger partial charge in [0.15, 0.2) is 5.09 Å². The van der Waals surface area contributed by atoms with Crippen LogP contribution >= 0.6 is 11.8 Å². The number of aromatic carboxylic acids is 1. The van der Waals surface area contributed by atoms with Gasteiger partial charge in [-0.15, -0.1) is 0 Å². The van der Waals surface area contributed by atoms with Crippen molar-refractivity contribution in [1.82, 2.24) is 5.32 Å². The second-order valence-electron chi connectivity index (χ2n) is 3.56. The molecule has 0 aliphatic rings. The van der Waals surface area contributed by atoms with Crippen LogP contribution in [0.2, 0.25) is 0 Å². The fourth-order valence-corrected chi connectivity index (χ4v) is 1.86. The molecule has 1 amide bonds. The molecule has 0 unspecified atom stereocenters. The molecule has 8 heteroatoms. The van der Waals surface area contributed by atoms with Gasteiger partial charge in [-0.05, 0) is 18.6 Å². The van der Waals surface area contributed by atoms with E-state index in [1.54, 1.807) is 0 Å². The van der Waals surface area contributed by atoms with Gasteiger partial charge in [-0.2, -0.15) is 0 Å². The maximum atomic E-state index is 11.4. The van der Waals surface area contributed by atoms with Gasteiger partial charge >= 0.3 is 11.9 Å². The molecule has 0 aliphatic heterocycles. The number of thioether (sulfide) groups is 1. The van der Waals surface area contributed by atoms with Gasteiger partial charge in [0.25, 0.3) is 0 Å². The van der Waals surface area contributed by atoms with Crippen molar-refractivity contribution in [2.75, 3.05) is 12.3 Å². The smallest absolute Gasteiger partial charge is 0.371 e. The molecule has 1 aromatic rings. The molecule has 0 bridgehead atoms. The van der Waals surface area contributed by atoms with Crippen LogP contribution in [0.1, 0.15) is 23.4 Å². The van der Waals surface area contributed by atoms with Crippen LogP contribution < -0.4 is 5.32 Å². The zero-order chi connectivity index (χ0) is 14.3. The average Bonchev–Trinajstić information content (AvgIpc) is 2.81. The van der Waals surface area contributed by atoms with Gasteiger partial charge in [-0.1, -0.05) is 11.8 Å². The summed E-state index contributed by atoms with van der Waals surface area (Å²) in [6.07, 6.45) is 0.378. The molecule has 0 fully saturated rings. The van der Waals surface area contributed by atoms with E-state index in [4.69, 9.17) is 14.6 Å². The van der Waals surface area contributed by atoms with Crippen LogP contribution in [0.5, 0.6) is 0 Å². The third kappa shape index (κ3) is 5.96. The van der Waals surface area contributed by atoms with Crippen LogP contribution in [0.15, 0.2) is 21.6 Å². The minimum Gasteiger partial charge on any atom is -0.481 e. The molecule has 1 rings (SSSR count). The highest BCUT2D eigenvalue weighted by Crippen LogP contribution is 2.20.